The van der Waals surface area contributed by atoms with E-state index in [9.17, 15) is 0 Å². The summed E-state index contributed by atoms with van der Waals surface area (Å²) in [6.07, 6.45) is 0. The molecule has 0 atom stereocenters. The maximum absolute atomic E-state index is 2.49. The summed E-state index contributed by atoms with van der Waals surface area (Å²) in [5.74, 6) is 0. The van der Waals surface area contributed by atoms with Gasteiger partial charge < -0.3 is 9.13 Å². The molecule has 2 heteroatoms. The smallest absolute Gasteiger partial charge is 0.0541 e. The molecule has 0 N–H and O–H groups in total. The van der Waals surface area contributed by atoms with E-state index in [1.807, 2.05) is 0 Å². The first-order valence-electron chi connectivity index (χ1n) is 23.6. The number of nitrogens with zero attached hydrogens (tertiary/aromatic N) is 2. The number of para-hydroxylation sites is 4. The molecule has 0 unspecified atom stereocenters. The lowest BCUT2D eigenvalue weighted by Crippen LogP contribution is -1.94. The Morgan fingerprint density at radius 2 is 0.662 bits per heavy atom. The van der Waals surface area contributed by atoms with Crippen molar-refractivity contribution >= 4 is 97.5 Å². The van der Waals surface area contributed by atoms with Gasteiger partial charge in [-0.1, -0.05) is 170 Å². The first kappa shape index (κ1) is 37.3. The number of aromatic nitrogens is 2. The van der Waals surface area contributed by atoms with E-state index < -0.39 is 0 Å². The third-order valence-electron chi connectivity index (χ3n) is 14.8. The van der Waals surface area contributed by atoms with Crippen LogP contribution in [0.3, 0.4) is 0 Å². The third kappa shape index (κ3) is 5.28. The number of benzene rings is 13. The Morgan fingerprint density at radius 3 is 1.24 bits per heavy atom. The van der Waals surface area contributed by atoms with Crippen LogP contribution >= 0.6 is 0 Å². The van der Waals surface area contributed by atoms with Crippen molar-refractivity contribution in [2.75, 3.05) is 0 Å². The van der Waals surface area contributed by atoms with Gasteiger partial charge in [-0.15, -0.1) is 0 Å². The second kappa shape index (κ2) is 14.3. The predicted octanol–water partition coefficient (Wildman–Crippen LogP) is 18.1. The molecule has 0 spiro atoms. The van der Waals surface area contributed by atoms with E-state index in [0.29, 0.717) is 0 Å². The van der Waals surface area contributed by atoms with E-state index in [1.54, 1.807) is 0 Å². The highest BCUT2D eigenvalue weighted by atomic mass is 15.0. The quantitative estimate of drug-likeness (QED) is 0.121. The zero-order chi connectivity index (χ0) is 44.5. The predicted molar refractivity (Wildman–Crippen MR) is 290 cm³/mol. The normalized spacial score (nSPS) is 12.1. The van der Waals surface area contributed by atoms with E-state index in [2.05, 4.69) is 252 Å². The van der Waals surface area contributed by atoms with Crippen molar-refractivity contribution in [3.63, 3.8) is 0 Å². The number of hydrogen-bond acceptors (Lipinski definition) is 0. The largest absolute Gasteiger partial charge is 0.309 e. The fourth-order valence-electron chi connectivity index (χ4n) is 11.9. The van der Waals surface area contributed by atoms with Crippen LogP contribution in [0, 0.1) is 0 Å². The molecule has 2 nitrogen and oxygen atoms in total. The third-order valence-corrected chi connectivity index (χ3v) is 14.8. The zero-order valence-corrected chi connectivity index (χ0v) is 37.0. The molecule has 2 aromatic heterocycles. The molecular weight excluding hydrogens is 821 g/mol. The van der Waals surface area contributed by atoms with Crippen LogP contribution in [0.25, 0.3) is 142 Å². The molecule has 13 aromatic carbocycles. The van der Waals surface area contributed by atoms with Crippen LogP contribution in [0.4, 0.5) is 0 Å². The van der Waals surface area contributed by atoms with Crippen LogP contribution in [0.5, 0.6) is 0 Å². The standard InChI is InChI=1S/C66H40N2/c1-3-18-46(19-4-1)67-60-29-9-7-22-50(60)57-37-43(33-35-62(57)67)48-24-13-27-52-55(48)40-56-49(44-34-36-63-58(38-44)51-23-8-10-30-61(51)68(63)47-20-5-2-6-21-47)25-14-28-53(56)66(52)59-39-45-17-11-15-41-31-32-42-16-12-26-54(59)65(42)64(41)45/h1-40H. The van der Waals surface area contributed by atoms with Gasteiger partial charge in [-0.05, 0) is 160 Å². The van der Waals surface area contributed by atoms with Gasteiger partial charge in [-0.2, -0.15) is 0 Å². The van der Waals surface area contributed by atoms with E-state index >= 15 is 0 Å². The van der Waals surface area contributed by atoms with Crippen molar-refractivity contribution in [2.45, 2.75) is 0 Å². The molecule has 0 bridgehead atoms. The summed E-state index contributed by atoms with van der Waals surface area (Å²) in [6, 6.07) is 90.3. The molecule has 15 rings (SSSR count). The minimum Gasteiger partial charge on any atom is -0.309 e. The highest BCUT2D eigenvalue weighted by Crippen LogP contribution is 2.48. The maximum atomic E-state index is 2.49. The second-order valence-electron chi connectivity index (χ2n) is 18.4. The van der Waals surface area contributed by atoms with Crippen LogP contribution in [0.2, 0.25) is 0 Å². The maximum Gasteiger partial charge on any atom is 0.0541 e. The summed E-state index contributed by atoms with van der Waals surface area (Å²) >= 11 is 0. The van der Waals surface area contributed by atoms with Crippen LogP contribution < -0.4 is 0 Å². The Balaban J connectivity index is 1.04. The Kier molecular flexibility index (Phi) is 7.81. The molecule has 0 aliphatic carbocycles. The van der Waals surface area contributed by atoms with Crippen molar-refractivity contribution in [1.82, 2.24) is 9.13 Å². The number of hydrogen-bond donors (Lipinski definition) is 0. The van der Waals surface area contributed by atoms with Gasteiger partial charge in [0.15, 0.2) is 0 Å². The average molecular weight is 861 g/mol. The van der Waals surface area contributed by atoms with Gasteiger partial charge in [0.1, 0.15) is 0 Å². The SMILES string of the molecule is c1ccc(-n2c3ccccc3c3cc(-c4cccc5c(-c6cc7cccc8ccc9cccc6c9c87)c6cccc(-c7ccc8c(c7)c7ccccc7n8-c7ccccc7)c6cc45)ccc32)cc1. The van der Waals surface area contributed by atoms with E-state index in [4.69, 9.17) is 0 Å². The highest BCUT2D eigenvalue weighted by Gasteiger charge is 2.22. The van der Waals surface area contributed by atoms with Gasteiger partial charge >= 0.3 is 0 Å². The van der Waals surface area contributed by atoms with E-state index in [0.717, 1.165) is 11.4 Å². The summed E-state index contributed by atoms with van der Waals surface area (Å²) < 4.78 is 4.80. The topological polar surface area (TPSA) is 9.86 Å². The number of fused-ring (bicyclic) bond motifs is 8. The summed E-state index contributed by atoms with van der Waals surface area (Å²) in [6.45, 7) is 0. The van der Waals surface area contributed by atoms with Crippen LogP contribution in [0.1, 0.15) is 0 Å². The Bertz CT molecular complexity index is 4320. The molecule has 2 heterocycles. The lowest BCUT2D eigenvalue weighted by Gasteiger charge is -2.20. The summed E-state index contributed by atoms with van der Waals surface area (Å²) in [5, 5.41) is 17.7. The van der Waals surface area contributed by atoms with Gasteiger partial charge in [0, 0.05) is 32.9 Å². The van der Waals surface area contributed by atoms with Crippen LogP contribution in [-0.2, 0) is 0 Å². The lowest BCUT2D eigenvalue weighted by atomic mass is 9.83. The fraction of sp³-hybridized carbons (Fsp3) is 0. The van der Waals surface area contributed by atoms with Crippen LogP contribution in [-0.4, -0.2) is 9.13 Å². The monoisotopic (exact) mass is 860 g/mol. The Labute approximate surface area is 392 Å². The first-order chi connectivity index (χ1) is 33.7. The number of rotatable bonds is 5. The Morgan fingerprint density at radius 1 is 0.221 bits per heavy atom. The molecule has 15 aromatic rings. The molecule has 314 valence electrons. The van der Waals surface area contributed by atoms with Crippen LogP contribution in [0.15, 0.2) is 243 Å². The zero-order valence-electron chi connectivity index (χ0n) is 37.0. The first-order valence-corrected chi connectivity index (χ1v) is 23.6. The lowest BCUT2D eigenvalue weighted by molar-refractivity contribution is 1.18. The molecule has 0 radical (unpaired) electrons. The van der Waals surface area contributed by atoms with Crippen molar-refractivity contribution < 1.29 is 0 Å². The van der Waals surface area contributed by atoms with Crippen molar-refractivity contribution in [3.05, 3.63) is 243 Å². The van der Waals surface area contributed by atoms with Gasteiger partial charge in [0.05, 0.1) is 22.1 Å². The summed E-state index contributed by atoms with van der Waals surface area (Å²) in [4.78, 5) is 0. The molecule has 0 aliphatic heterocycles. The van der Waals surface area contributed by atoms with E-state index in [-0.39, 0.29) is 0 Å². The Hall–Kier alpha value is -8.98. The van der Waals surface area contributed by atoms with Gasteiger partial charge in [-0.25, -0.2) is 0 Å². The molecule has 0 fully saturated rings. The fourth-order valence-corrected chi connectivity index (χ4v) is 11.9. The summed E-state index contributed by atoms with van der Waals surface area (Å²) in [5.41, 5.74) is 14.5. The van der Waals surface area contributed by atoms with Crippen molar-refractivity contribution in [1.29, 1.82) is 0 Å². The van der Waals surface area contributed by atoms with Gasteiger partial charge in [0.25, 0.3) is 0 Å². The highest BCUT2D eigenvalue weighted by molar-refractivity contribution is 6.30. The molecule has 0 amide bonds. The van der Waals surface area contributed by atoms with Crippen molar-refractivity contribution in [2.24, 2.45) is 0 Å². The van der Waals surface area contributed by atoms with Crippen molar-refractivity contribution in [3.8, 4) is 44.8 Å². The second-order valence-corrected chi connectivity index (χ2v) is 18.4. The van der Waals surface area contributed by atoms with Gasteiger partial charge in [-0.3, -0.25) is 0 Å². The summed E-state index contributed by atoms with van der Waals surface area (Å²) in [7, 11) is 0. The molecule has 0 aliphatic rings. The molecular formula is C66H40N2. The minimum atomic E-state index is 1.16. The molecule has 0 saturated carbocycles. The van der Waals surface area contributed by atoms with E-state index in [1.165, 1.54) is 131 Å². The minimum absolute atomic E-state index is 1.16. The average Bonchev–Trinajstić information content (AvgIpc) is 3.92. The van der Waals surface area contributed by atoms with Gasteiger partial charge in [0.2, 0.25) is 0 Å². The molecule has 0 saturated heterocycles. The molecule has 68 heavy (non-hydrogen) atoms.